The number of rotatable bonds is 2. The second kappa shape index (κ2) is 4.55. The van der Waals surface area contributed by atoms with E-state index in [4.69, 9.17) is 10.3 Å². The van der Waals surface area contributed by atoms with Crippen molar-refractivity contribution in [2.45, 2.75) is 13.8 Å². The molecule has 96 valence electrons. The largest absolute Gasteiger partial charge is 0.367 e. The van der Waals surface area contributed by atoms with E-state index in [1.807, 2.05) is 12.1 Å². The zero-order chi connectivity index (χ0) is 13.4. The third-order valence-electron chi connectivity index (χ3n) is 3.00. The Morgan fingerprint density at radius 1 is 1.16 bits per heavy atom. The average molecular weight is 270 g/mol. The molecular formula is C15H14N2OS. The van der Waals surface area contributed by atoms with Crippen LogP contribution in [0.5, 0.6) is 0 Å². The summed E-state index contributed by atoms with van der Waals surface area (Å²) in [5.74, 6) is 0.367. The molecule has 3 aromatic rings. The third-order valence-corrected chi connectivity index (χ3v) is 4.01. The van der Waals surface area contributed by atoms with Crippen molar-refractivity contribution in [2.24, 2.45) is 0 Å². The fraction of sp³-hybridized carbons (Fsp3) is 0.133. The number of nitrogen functional groups attached to an aromatic ring is 1. The lowest BCUT2D eigenvalue weighted by molar-refractivity contribution is 0.439. The van der Waals surface area contributed by atoms with Gasteiger partial charge in [-0.2, -0.15) is 0 Å². The van der Waals surface area contributed by atoms with E-state index in [0.717, 1.165) is 21.7 Å². The van der Waals surface area contributed by atoms with Gasteiger partial charge in [-0.3, -0.25) is 0 Å². The van der Waals surface area contributed by atoms with E-state index in [2.05, 4.69) is 43.3 Å². The van der Waals surface area contributed by atoms with E-state index < -0.39 is 0 Å². The normalized spacial score (nSPS) is 10.8. The summed E-state index contributed by atoms with van der Waals surface area (Å²) in [6.07, 6.45) is 0. The number of benzene rings is 1. The van der Waals surface area contributed by atoms with Gasteiger partial charge in [0.2, 0.25) is 5.88 Å². The molecule has 0 bridgehead atoms. The van der Waals surface area contributed by atoms with E-state index in [1.165, 1.54) is 10.4 Å². The van der Waals surface area contributed by atoms with Gasteiger partial charge >= 0.3 is 0 Å². The van der Waals surface area contributed by atoms with Crippen LogP contribution in [0.1, 0.15) is 10.4 Å². The predicted molar refractivity (Wildman–Crippen MR) is 79.1 cm³/mol. The monoisotopic (exact) mass is 270 g/mol. The molecule has 0 aliphatic heterocycles. The maximum atomic E-state index is 5.94. The number of hydrogen-bond donors (Lipinski definition) is 1. The van der Waals surface area contributed by atoms with E-state index in [1.54, 1.807) is 11.3 Å². The minimum Gasteiger partial charge on any atom is -0.367 e. The van der Waals surface area contributed by atoms with Crippen LogP contribution >= 0.6 is 11.3 Å². The molecule has 0 aliphatic carbocycles. The number of thiophene rings is 1. The topological polar surface area (TPSA) is 52.0 Å². The maximum Gasteiger partial charge on any atom is 0.230 e. The lowest BCUT2D eigenvalue weighted by atomic mass is 10.0. The summed E-state index contributed by atoms with van der Waals surface area (Å²) >= 11 is 1.69. The molecule has 0 atom stereocenters. The van der Waals surface area contributed by atoms with Crippen LogP contribution < -0.4 is 5.73 Å². The molecule has 3 rings (SSSR count). The van der Waals surface area contributed by atoms with Gasteiger partial charge in [-0.25, -0.2) is 0 Å². The van der Waals surface area contributed by atoms with Crippen molar-refractivity contribution < 1.29 is 4.52 Å². The second-order valence-corrected chi connectivity index (χ2v) is 5.84. The Morgan fingerprint density at radius 3 is 2.68 bits per heavy atom. The van der Waals surface area contributed by atoms with E-state index in [-0.39, 0.29) is 0 Å². The molecule has 0 saturated heterocycles. The van der Waals surface area contributed by atoms with E-state index >= 15 is 0 Å². The van der Waals surface area contributed by atoms with Crippen LogP contribution in [0.2, 0.25) is 0 Å². The molecule has 1 aromatic carbocycles. The summed E-state index contributed by atoms with van der Waals surface area (Å²) < 4.78 is 5.19. The summed E-state index contributed by atoms with van der Waals surface area (Å²) in [5.41, 5.74) is 9.87. The fourth-order valence-corrected chi connectivity index (χ4v) is 2.97. The summed E-state index contributed by atoms with van der Waals surface area (Å²) in [7, 11) is 0. The molecule has 0 aliphatic rings. The van der Waals surface area contributed by atoms with Gasteiger partial charge in [0.1, 0.15) is 5.69 Å². The van der Waals surface area contributed by atoms with E-state index in [9.17, 15) is 0 Å². The Balaban J connectivity index is 2.19. The number of aryl methyl sites for hydroxylation is 2. The van der Waals surface area contributed by atoms with Crippen LogP contribution in [0.15, 0.2) is 40.9 Å². The first-order valence-electron chi connectivity index (χ1n) is 6.04. The molecule has 2 heterocycles. The van der Waals surface area contributed by atoms with Crippen LogP contribution in [0, 0.1) is 13.8 Å². The van der Waals surface area contributed by atoms with Gasteiger partial charge in [0, 0.05) is 4.88 Å². The zero-order valence-corrected chi connectivity index (χ0v) is 11.6. The highest BCUT2D eigenvalue weighted by Crippen LogP contribution is 2.38. The van der Waals surface area contributed by atoms with Crippen molar-refractivity contribution in [3.8, 4) is 21.7 Å². The first kappa shape index (κ1) is 12.0. The molecule has 0 saturated carbocycles. The number of aromatic nitrogens is 1. The summed E-state index contributed by atoms with van der Waals surface area (Å²) in [4.78, 5) is 2.32. The Labute approximate surface area is 115 Å². The molecular weight excluding hydrogens is 256 g/mol. The van der Waals surface area contributed by atoms with Crippen molar-refractivity contribution in [2.75, 3.05) is 5.73 Å². The highest BCUT2D eigenvalue weighted by atomic mass is 32.1. The number of anilines is 1. The first-order chi connectivity index (χ1) is 9.15. The van der Waals surface area contributed by atoms with Crippen molar-refractivity contribution in [3.63, 3.8) is 0 Å². The third kappa shape index (κ3) is 2.15. The van der Waals surface area contributed by atoms with Gasteiger partial charge in [0.05, 0.1) is 10.4 Å². The first-order valence-corrected chi connectivity index (χ1v) is 6.86. The van der Waals surface area contributed by atoms with Crippen molar-refractivity contribution >= 4 is 17.2 Å². The lowest BCUT2D eigenvalue weighted by Crippen LogP contribution is -1.87. The lowest BCUT2D eigenvalue weighted by Gasteiger charge is -2.02. The summed E-state index contributed by atoms with van der Waals surface area (Å²) in [6, 6.07) is 12.3. The molecule has 3 nitrogen and oxygen atoms in total. The minimum absolute atomic E-state index is 0.367. The molecule has 2 N–H and O–H groups in total. The Bertz CT molecular complexity index is 727. The van der Waals surface area contributed by atoms with Crippen LogP contribution in [0.25, 0.3) is 21.7 Å². The van der Waals surface area contributed by atoms with Crippen molar-refractivity contribution in [1.29, 1.82) is 0 Å². The van der Waals surface area contributed by atoms with Crippen LogP contribution in [0.4, 0.5) is 5.88 Å². The predicted octanol–water partition coefficient (Wildman–Crippen LogP) is 4.27. The molecule has 0 unspecified atom stereocenters. The van der Waals surface area contributed by atoms with Gasteiger partial charge in [-0.15, -0.1) is 11.3 Å². The van der Waals surface area contributed by atoms with Gasteiger partial charge in [0.25, 0.3) is 0 Å². The molecule has 0 radical (unpaired) electrons. The molecule has 0 spiro atoms. The van der Waals surface area contributed by atoms with Gasteiger partial charge < -0.3 is 10.3 Å². The highest BCUT2D eigenvalue weighted by Gasteiger charge is 2.18. The van der Waals surface area contributed by atoms with Crippen LogP contribution in [0.3, 0.4) is 0 Å². The molecule has 0 fully saturated rings. The highest BCUT2D eigenvalue weighted by molar-refractivity contribution is 7.15. The maximum absolute atomic E-state index is 5.94. The minimum atomic E-state index is 0.367. The van der Waals surface area contributed by atoms with Crippen molar-refractivity contribution in [1.82, 2.24) is 5.16 Å². The van der Waals surface area contributed by atoms with Crippen LogP contribution in [-0.4, -0.2) is 5.16 Å². The van der Waals surface area contributed by atoms with Crippen LogP contribution in [-0.2, 0) is 0 Å². The standard InChI is InChI=1S/C15H14N2OS/c1-9-4-3-5-11(8-9)13-14(17-18-15(13)16)12-7-6-10(2)19-12/h3-8H,16H2,1-2H3. The number of nitrogens with zero attached hydrogens (tertiary/aromatic N) is 1. The smallest absolute Gasteiger partial charge is 0.230 e. The molecule has 0 amide bonds. The van der Waals surface area contributed by atoms with Gasteiger partial charge in [-0.05, 0) is 31.5 Å². The number of hydrogen-bond acceptors (Lipinski definition) is 4. The summed E-state index contributed by atoms with van der Waals surface area (Å²) in [5, 5.41) is 4.12. The van der Waals surface area contributed by atoms with E-state index in [0.29, 0.717) is 5.88 Å². The second-order valence-electron chi connectivity index (χ2n) is 4.55. The fourth-order valence-electron chi connectivity index (χ4n) is 2.11. The molecule has 4 heteroatoms. The molecule has 2 aromatic heterocycles. The SMILES string of the molecule is Cc1cccc(-c2c(-c3ccc(C)s3)noc2N)c1. The Kier molecular flexibility index (Phi) is 2.87. The number of nitrogens with two attached hydrogens (primary N) is 1. The summed E-state index contributed by atoms with van der Waals surface area (Å²) in [6.45, 7) is 4.13. The van der Waals surface area contributed by atoms with Crippen molar-refractivity contribution in [3.05, 3.63) is 46.8 Å². The zero-order valence-electron chi connectivity index (χ0n) is 10.8. The average Bonchev–Trinajstić information content (AvgIpc) is 2.95. The Hall–Kier alpha value is -2.07. The Morgan fingerprint density at radius 2 is 2.00 bits per heavy atom. The molecule has 19 heavy (non-hydrogen) atoms. The quantitative estimate of drug-likeness (QED) is 0.756. The van der Waals surface area contributed by atoms with Gasteiger partial charge in [-0.1, -0.05) is 35.0 Å². The van der Waals surface area contributed by atoms with Gasteiger partial charge in [0.15, 0.2) is 0 Å².